The highest BCUT2D eigenvalue weighted by Gasteiger charge is 2.44. The Morgan fingerprint density at radius 1 is 1.19 bits per heavy atom. The number of likely N-dealkylation sites (tertiary alicyclic amines) is 1. The zero-order valence-corrected chi connectivity index (χ0v) is 20.4. The van der Waals surface area contributed by atoms with Gasteiger partial charge in [0.1, 0.15) is 6.04 Å². The van der Waals surface area contributed by atoms with E-state index in [0.717, 1.165) is 38.0 Å². The van der Waals surface area contributed by atoms with Gasteiger partial charge in [-0.15, -0.1) is 0 Å². The Morgan fingerprint density at radius 2 is 1.84 bits per heavy atom. The molecule has 3 rings (SSSR count). The van der Waals surface area contributed by atoms with E-state index in [4.69, 9.17) is 0 Å². The van der Waals surface area contributed by atoms with E-state index in [1.807, 2.05) is 30.9 Å². The van der Waals surface area contributed by atoms with Gasteiger partial charge in [0.05, 0.1) is 4.90 Å². The Hall–Kier alpha value is -1.97. The molecule has 0 bridgehead atoms. The van der Waals surface area contributed by atoms with Crippen molar-refractivity contribution >= 4 is 21.7 Å². The molecule has 2 fully saturated rings. The number of benzene rings is 1. The van der Waals surface area contributed by atoms with E-state index in [-0.39, 0.29) is 29.9 Å². The van der Waals surface area contributed by atoms with Crippen LogP contribution in [-0.4, -0.2) is 92.5 Å². The summed E-state index contributed by atoms with van der Waals surface area (Å²) < 4.78 is 23.4. The second kappa shape index (κ2) is 10.3. The number of hydrogen-bond donors (Lipinski definition) is 1. The number of sulfone groups is 1. The van der Waals surface area contributed by atoms with Crippen molar-refractivity contribution in [3.8, 4) is 0 Å². The van der Waals surface area contributed by atoms with Gasteiger partial charge in [0.15, 0.2) is 9.84 Å². The molecule has 0 saturated carbocycles. The van der Waals surface area contributed by atoms with Crippen molar-refractivity contribution in [2.24, 2.45) is 0 Å². The largest absolute Gasteiger partial charge is 0.353 e. The minimum Gasteiger partial charge on any atom is -0.353 e. The monoisotopic (exact) mass is 464 g/mol. The highest BCUT2D eigenvalue weighted by Crippen LogP contribution is 2.29. The van der Waals surface area contributed by atoms with Crippen molar-refractivity contribution < 1.29 is 18.0 Å². The Morgan fingerprint density at radius 3 is 2.44 bits per heavy atom. The molecule has 178 valence electrons. The molecule has 0 unspecified atom stereocenters. The minimum atomic E-state index is -3.22. The van der Waals surface area contributed by atoms with E-state index in [9.17, 15) is 18.0 Å². The van der Waals surface area contributed by atoms with Gasteiger partial charge < -0.3 is 10.2 Å². The van der Waals surface area contributed by atoms with Crippen LogP contribution in [0.2, 0.25) is 0 Å². The summed E-state index contributed by atoms with van der Waals surface area (Å²) in [5.41, 5.74) is 0.985. The molecule has 0 spiro atoms. The lowest BCUT2D eigenvalue weighted by atomic mass is 10.0. The fourth-order valence-electron chi connectivity index (χ4n) is 4.93. The third-order valence-electron chi connectivity index (χ3n) is 6.89. The van der Waals surface area contributed by atoms with Crippen LogP contribution in [0.1, 0.15) is 38.7 Å². The second-order valence-electron chi connectivity index (χ2n) is 8.86. The quantitative estimate of drug-likeness (QED) is 0.620. The molecule has 1 N–H and O–H groups in total. The third-order valence-corrected chi connectivity index (χ3v) is 8.02. The first kappa shape index (κ1) is 24.7. The molecule has 32 heavy (non-hydrogen) atoms. The van der Waals surface area contributed by atoms with Gasteiger partial charge >= 0.3 is 0 Å². The van der Waals surface area contributed by atoms with E-state index in [1.54, 1.807) is 12.1 Å². The number of likely N-dealkylation sites (N-methyl/N-ethyl adjacent to an activating group) is 1. The fraction of sp³-hybridized carbons (Fsp3) is 0.652. The molecule has 8 nitrogen and oxygen atoms in total. The molecule has 2 saturated heterocycles. The first-order valence-corrected chi connectivity index (χ1v) is 13.3. The average molecular weight is 465 g/mol. The van der Waals surface area contributed by atoms with Crippen LogP contribution in [0.4, 0.5) is 0 Å². The Balaban J connectivity index is 1.66. The number of hydrogen-bond acceptors (Lipinski definition) is 6. The summed E-state index contributed by atoms with van der Waals surface area (Å²) in [6.07, 6.45) is 3.30. The molecule has 2 amide bonds. The van der Waals surface area contributed by atoms with Crippen LogP contribution >= 0.6 is 0 Å². The third kappa shape index (κ3) is 5.50. The highest BCUT2D eigenvalue weighted by molar-refractivity contribution is 7.90. The summed E-state index contributed by atoms with van der Waals surface area (Å²) in [4.78, 5) is 32.0. The lowest BCUT2D eigenvalue weighted by molar-refractivity contribution is -0.131. The van der Waals surface area contributed by atoms with Crippen LogP contribution in [0, 0.1) is 0 Å². The molecule has 0 aliphatic carbocycles. The molecule has 1 aromatic rings. The van der Waals surface area contributed by atoms with Gasteiger partial charge in [-0.1, -0.05) is 12.1 Å². The number of carbonyl (C=O) groups excluding carboxylic acids is 2. The zero-order chi connectivity index (χ0) is 23.5. The van der Waals surface area contributed by atoms with Gasteiger partial charge in [-0.3, -0.25) is 19.4 Å². The standard InChI is InChI=1S/C23H36N4O4S/c1-5-26(6-2)21(28)12-9-18-15-24-23(29)22-20(25(18)3)13-14-27(22)16-17-7-10-19(11-8-17)32(4,30)31/h7-8,10-11,18,20,22H,5-6,9,12-16H2,1-4H3,(H,24,29)/t18-,20+,22-/m0/s1. The molecular weight excluding hydrogens is 428 g/mol. The predicted octanol–water partition coefficient (Wildman–Crippen LogP) is 1.11. The predicted molar refractivity (Wildman–Crippen MR) is 124 cm³/mol. The van der Waals surface area contributed by atoms with Gasteiger partial charge in [0, 0.05) is 57.5 Å². The SMILES string of the molecule is CCN(CC)C(=O)CC[C@H]1CNC(=O)[C@@H]2[C@@H](CCN2Cc2ccc(S(C)(=O)=O)cc2)N1C. The van der Waals surface area contributed by atoms with Crippen LogP contribution in [0.5, 0.6) is 0 Å². The number of amides is 2. The molecule has 2 aliphatic heterocycles. The minimum absolute atomic E-state index is 0.0321. The Kier molecular flexibility index (Phi) is 7.95. The molecule has 2 heterocycles. The number of fused-ring (bicyclic) bond motifs is 1. The van der Waals surface area contributed by atoms with Gasteiger partial charge in [0.25, 0.3) is 0 Å². The number of nitrogens with zero attached hydrogens (tertiary/aromatic N) is 3. The summed E-state index contributed by atoms with van der Waals surface area (Å²) in [6.45, 7) is 7.36. The normalized spacial score (nSPS) is 24.6. The van der Waals surface area contributed by atoms with Crippen LogP contribution in [0.3, 0.4) is 0 Å². The molecular formula is C23H36N4O4S. The van der Waals surface area contributed by atoms with Crippen molar-refractivity contribution in [3.05, 3.63) is 29.8 Å². The topological polar surface area (TPSA) is 90.0 Å². The van der Waals surface area contributed by atoms with Crippen LogP contribution < -0.4 is 5.32 Å². The summed E-state index contributed by atoms with van der Waals surface area (Å²) in [7, 11) is -1.16. The Labute approximate surface area is 191 Å². The zero-order valence-electron chi connectivity index (χ0n) is 19.6. The van der Waals surface area contributed by atoms with Gasteiger partial charge in [0.2, 0.25) is 11.8 Å². The van der Waals surface area contributed by atoms with E-state index in [1.165, 1.54) is 6.26 Å². The fourth-order valence-corrected chi connectivity index (χ4v) is 5.56. The van der Waals surface area contributed by atoms with E-state index in [2.05, 4.69) is 22.2 Å². The van der Waals surface area contributed by atoms with Crippen molar-refractivity contribution in [2.75, 3.05) is 39.5 Å². The summed E-state index contributed by atoms with van der Waals surface area (Å²) in [5, 5.41) is 3.10. The molecule has 3 atom stereocenters. The van der Waals surface area contributed by atoms with Crippen LogP contribution in [0.25, 0.3) is 0 Å². The van der Waals surface area contributed by atoms with Crippen molar-refractivity contribution in [2.45, 2.75) is 62.7 Å². The maximum absolute atomic E-state index is 13.0. The smallest absolute Gasteiger partial charge is 0.239 e. The van der Waals surface area contributed by atoms with Crippen molar-refractivity contribution in [3.63, 3.8) is 0 Å². The maximum atomic E-state index is 13.0. The highest BCUT2D eigenvalue weighted by atomic mass is 32.2. The molecule has 1 aromatic carbocycles. The van der Waals surface area contributed by atoms with Gasteiger partial charge in [-0.2, -0.15) is 0 Å². The maximum Gasteiger partial charge on any atom is 0.239 e. The van der Waals surface area contributed by atoms with Crippen LogP contribution in [0.15, 0.2) is 29.2 Å². The second-order valence-corrected chi connectivity index (χ2v) is 10.9. The number of rotatable bonds is 8. The van der Waals surface area contributed by atoms with E-state index >= 15 is 0 Å². The first-order chi connectivity index (χ1) is 15.2. The Bertz CT molecular complexity index is 914. The molecule has 9 heteroatoms. The molecule has 0 radical (unpaired) electrons. The van der Waals surface area contributed by atoms with E-state index < -0.39 is 9.84 Å². The number of nitrogens with one attached hydrogen (secondary N) is 1. The summed E-state index contributed by atoms with van der Waals surface area (Å²) in [6, 6.07) is 6.87. The van der Waals surface area contributed by atoms with Crippen molar-refractivity contribution in [1.29, 1.82) is 0 Å². The van der Waals surface area contributed by atoms with Gasteiger partial charge in [-0.05, 0) is 51.4 Å². The lowest BCUT2D eigenvalue weighted by Crippen LogP contribution is -2.49. The van der Waals surface area contributed by atoms with Crippen LogP contribution in [-0.2, 0) is 26.0 Å². The number of carbonyl (C=O) groups is 2. The first-order valence-electron chi connectivity index (χ1n) is 11.5. The van der Waals surface area contributed by atoms with Crippen molar-refractivity contribution in [1.82, 2.24) is 20.0 Å². The average Bonchev–Trinajstić information content (AvgIpc) is 3.12. The summed E-state index contributed by atoms with van der Waals surface area (Å²) in [5.74, 6) is 0.200. The van der Waals surface area contributed by atoms with Gasteiger partial charge in [-0.25, -0.2) is 8.42 Å². The molecule has 0 aromatic heterocycles. The lowest BCUT2D eigenvalue weighted by Gasteiger charge is -2.33. The molecule has 2 aliphatic rings. The van der Waals surface area contributed by atoms with E-state index in [0.29, 0.717) is 24.4 Å². The summed E-state index contributed by atoms with van der Waals surface area (Å²) >= 11 is 0.